The predicted molar refractivity (Wildman–Crippen MR) is 78.7 cm³/mol. The lowest BCUT2D eigenvalue weighted by Gasteiger charge is -2.12. The summed E-state index contributed by atoms with van der Waals surface area (Å²) >= 11 is 1.78. The van der Waals surface area contributed by atoms with E-state index in [1.165, 1.54) is 37.7 Å². The molecule has 1 rings (SSSR count). The van der Waals surface area contributed by atoms with Crippen LogP contribution in [0.4, 0.5) is 0 Å². The molecule has 98 valence electrons. The van der Waals surface area contributed by atoms with E-state index in [4.69, 9.17) is 0 Å². The largest absolute Gasteiger partial charge is 0.310 e. The summed E-state index contributed by atoms with van der Waals surface area (Å²) in [4.78, 5) is 0. The Hall–Kier alpha value is -0.340. The molecule has 0 bridgehead atoms. The van der Waals surface area contributed by atoms with E-state index in [2.05, 4.69) is 42.9 Å². The average molecular weight is 253 g/mol. The number of hydrogen-bond acceptors (Lipinski definition) is 2. The molecule has 0 fully saturated rings. The van der Waals surface area contributed by atoms with Gasteiger partial charge in [-0.15, -0.1) is 0 Å². The fourth-order valence-electron chi connectivity index (χ4n) is 1.99. The highest BCUT2D eigenvalue weighted by atomic mass is 32.1. The van der Waals surface area contributed by atoms with Crippen molar-refractivity contribution in [1.29, 1.82) is 0 Å². The van der Waals surface area contributed by atoms with Crippen LogP contribution in [0.15, 0.2) is 16.8 Å². The van der Waals surface area contributed by atoms with Crippen molar-refractivity contribution >= 4 is 11.3 Å². The summed E-state index contributed by atoms with van der Waals surface area (Å²) in [5.74, 6) is 0.867. The summed E-state index contributed by atoms with van der Waals surface area (Å²) in [6, 6.07) is 2.72. The van der Waals surface area contributed by atoms with Crippen LogP contribution in [0.2, 0.25) is 0 Å². The summed E-state index contributed by atoms with van der Waals surface area (Å²) in [7, 11) is 0. The van der Waals surface area contributed by atoms with Gasteiger partial charge in [0, 0.05) is 6.04 Å². The maximum absolute atomic E-state index is 3.59. The van der Waals surface area contributed by atoms with Crippen molar-refractivity contribution < 1.29 is 0 Å². The molecule has 17 heavy (non-hydrogen) atoms. The van der Waals surface area contributed by atoms with Gasteiger partial charge in [0.15, 0.2) is 0 Å². The standard InChI is InChI=1S/C15H27NS/c1-13(2)8-6-4-5-7-10-16-14(3)15-9-11-17-12-15/h9,11-14,16H,4-8,10H2,1-3H3. The quantitative estimate of drug-likeness (QED) is 0.610. The Morgan fingerprint density at radius 2 is 1.88 bits per heavy atom. The first kappa shape index (κ1) is 14.7. The van der Waals surface area contributed by atoms with Gasteiger partial charge in [0.25, 0.3) is 0 Å². The third-order valence-electron chi connectivity index (χ3n) is 3.20. The van der Waals surface area contributed by atoms with Crippen molar-refractivity contribution in [2.24, 2.45) is 5.92 Å². The monoisotopic (exact) mass is 253 g/mol. The molecular weight excluding hydrogens is 226 g/mol. The van der Waals surface area contributed by atoms with Crippen molar-refractivity contribution in [2.45, 2.75) is 58.9 Å². The van der Waals surface area contributed by atoms with Crippen LogP contribution in [0.5, 0.6) is 0 Å². The Morgan fingerprint density at radius 1 is 1.12 bits per heavy atom. The summed E-state index contributed by atoms with van der Waals surface area (Å²) < 4.78 is 0. The molecule has 0 saturated carbocycles. The first-order valence-corrected chi connectivity index (χ1v) is 7.90. The molecule has 1 atom stereocenters. The first-order chi connectivity index (χ1) is 8.20. The van der Waals surface area contributed by atoms with E-state index in [1.807, 2.05) is 0 Å². The minimum Gasteiger partial charge on any atom is -0.310 e. The zero-order valence-electron chi connectivity index (χ0n) is 11.5. The second-order valence-electron chi connectivity index (χ2n) is 5.33. The molecule has 0 aromatic carbocycles. The molecule has 0 amide bonds. The van der Waals surface area contributed by atoms with E-state index in [9.17, 15) is 0 Å². The smallest absolute Gasteiger partial charge is 0.0300 e. The van der Waals surface area contributed by atoms with E-state index in [0.717, 1.165) is 12.5 Å². The van der Waals surface area contributed by atoms with Crippen LogP contribution in [-0.2, 0) is 0 Å². The van der Waals surface area contributed by atoms with Crippen molar-refractivity contribution in [3.8, 4) is 0 Å². The van der Waals surface area contributed by atoms with Gasteiger partial charge in [0.2, 0.25) is 0 Å². The van der Waals surface area contributed by atoms with Crippen LogP contribution in [0.25, 0.3) is 0 Å². The topological polar surface area (TPSA) is 12.0 Å². The van der Waals surface area contributed by atoms with Crippen LogP contribution in [-0.4, -0.2) is 6.54 Å². The fourth-order valence-corrected chi connectivity index (χ4v) is 2.74. The Kier molecular flexibility index (Phi) is 7.54. The Balaban J connectivity index is 1.94. The highest BCUT2D eigenvalue weighted by molar-refractivity contribution is 7.07. The van der Waals surface area contributed by atoms with Crippen molar-refractivity contribution in [1.82, 2.24) is 5.32 Å². The lowest BCUT2D eigenvalue weighted by atomic mass is 10.0. The van der Waals surface area contributed by atoms with Crippen LogP contribution < -0.4 is 5.32 Å². The van der Waals surface area contributed by atoms with Gasteiger partial charge in [-0.2, -0.15) is 11.3 Å². The number of rotatable bonds is 9. The van der Waals surface area contributed by atoms with Crippen LogP contribution in [0, 0.1) is 5.92 Å². The molecule has 1 aromatic rings. The van der Waals surface area contributed by atoms with Crippen LogP contribution >= 0.6 is 11.3 Å². The highest BCUT2D eigenvalue weighted by Gasteiger charge is 2.03. The molecule has 1 N–H and O–H groups in total. The maximum atomic E-state index is 3.59. The number of nitrogens with one attached hydrogen (secondary N) is 1. The molecule has 0 spiro atoms. The molecule has 2 heteroatoms. The number of unbranched alkanes of at least 4 members (excludes halogenated alkanes) is 3. The molecule has 0 aliphatic rings. The van der Waals surface area contributed by atoms with Gasteiger partial charge in [0.05, 0.1) is 0 Å². The lowest BCUT2D eigenvalue weighted by Crippen LogP contribution is -2.19. The van der Waals surface area contributed by atoms with Gasteiger partial charge in [-0.1, -0.05) is 39.5 Å². The molecule has 1 nitrogen and oxygen atoms in total. The zero-order valence-corrected chi connectivity index (χ0v) is 12.4. The minimum atomic E-state index is 0.511. The van der Waals surface area contributed by atoms with Gasteiger partial charge in [-0.3, -0.25) is 0 Å². The molecule has 1 unspecified atom stereocenters. The van der Waals surface area contributed by atoms with E-state index >= 15 is 0 Å². The molecule has 1 aromatic heterocycles. The van der Waals surface area contributed by atoms with Gasteiger partial charge < -0.3 is 5.32 Å². The Labute approximate surface area is 111 Å². The number of thiophene rings is 1. The third kappa shape index (κ3) is 6.85. The molecule has 0 radical (unpaired) electrons. The minimum absolute atomic E-state index is 0.511. The molecule has 0 saturated heterocycles. The normalized spacial score (nSPS) is 13.2. The third-order valence-corrected chi connectivity index (χ3v) is 3.90. The first-order valence-electron chi connectivity index (χ1n) is 6.95. The Bertz CT molecular complexity index is 266. The maximum Gasteiger partial charge on any atom is 0.0300 e. The second-order valence-corrected chi connectivity index (χ2v) is 6.11. The van der Waals surface area contributed by atoms with Crippen molar-refractivity contribution in [3.63, 3.8) is 0 Å². The summed E-state index contributed by atoms with van der Waals surface area (Å²) in [6.45, 7) is 8.02. The van der Waals surface area contributed by atoms with Crippen molar-refractivity contribution in [2.75, 3.05) is 6.54 Å². The van der Waals surface area contributed by atoms with Crippen LogP contribution in [0.3, 0.4) is 0 Å². The zero-order chi connectivity index (χ0) is 12.5. The predicted octanol–water partition coefficient (Wildman–Crippen LogP) is 5.01. The van der Waals surface area contributed by atoms with Gasteiger partial charge in [-0.05, 0) is 48.2 Å². The molecular formula is C15H27NS. The van der Waals surface area contributed by atoms with E-state index in [-0.39, 0.29) is 0 Å². The second kappa shape index (κ2) is 8.71. The lowest BCUT2D eigenvalue weighted by molar-refractivity contribution is 0.499. The van der Waals surface area contributed by atoms with E-state index < -0.39 is 0 Å². The van der Waals surface area contributed by atoms with E-state index in [1.54, 1.807) is 11.3 Å². The molecule has 0 aliphatic heterocycles. The van der Waals surface area contributed by atoms with Gasteiger partial charge in [-0.25, -0.2) is 0 Å². The SMILES string of the molecule is CC(C)CCCCCCNC(C)c1ccsc1. The fraction of sp³-hybridized carbons (Fsp3) is 0.733. The van der Waals surface area contributed by atoms with Gasteiger partial charge >= 0.3 is 0 Å². The molecule has 1 heterocycles. The summed E-state index contributed by atoms with van der Waals surface area (Å²) in [5.41, 5.74) is 1.43. The summed E-state index contributed by atoms with van der Waals surface area (Å²) in [5, 5.41) is 7.98. The summed E-state index contributed by atoms with van der Waals surface area (Å²) in [6.07, 6.45) is 6.87. The van der Waals surface area contributed by atoms with E-state index in [0.29, 0.717) is 6.04 Å². The molecule has 0 aliphatic carbocycles. The highest BCUT2D eigenvalue weighted by Crippen LogP contribution is 2.15. The number of hydrogen-bond donors (Lipinski definition) is 1. The van der Waals surface area contributed by atoms with Crippen LogP contribution in [0.1, 0.15) is 64.5 Å². The average Bonchev–Trinajstić information content (AvgIpc) is 2.80. The Morgan fingerprint density at radius 3 is 2.53 bits per heavy atom. The van der Waals surface area contributed by atoms with Crippen molar-refractivity contribution in [3.05, 3.63) is 22.4 Å². The van der Waals surface area contributed by atoms with Gasteiger partial charge in [0.1, 0.15) is 0 Å².